The number of anilines is 1. The number of thioether (sulfide) groups is 1. The molecule has 0 saturated carbocycles. The number of aromatic nitrogens is 3. The van der Waals surface area contributed by atoms with Gasteiger partial charge in [-0.3, -0.25) is 4.79 Å². The second-order valence-corrected chi connectivity index (χ2v) is 8.93. The Kier molecular flexibility index (Phi) is 4.50. The number of carbonyl (C=O) groups is 1. The van der Waals surface area contributed by atoms with Crippen LogP contribution in [0.15, 0.2) is 40.7 Å². The highest BCUT2D eigenvalue weighted by atomic mass is 32.2. The second-order valence-electron chi connectivity index (χ2n) is 7.70. The van der Waals surface area contributed by atoms with Gasteiger partial charge in [0.1, 0.15) is 11.8 Å². The van der Waals surface area contributed by atoms with Crippen LogP contribution in [0.4, 0.5) is 5.95 Å². The molecule has 142 valence electrons. The highest BCUT2D eigenvalue weighted by molar-refractivity contribution is 7.99. The molecule has 1 N–H and O–H groups in total. The zero-order chi connectivity index (χ0) is 19.2. The summed E-state index contributed by atoms with van der Waals surface area (Å²) < 4.78 is 7.44. The van der Waals surface area contributed by atoms with Crippen molar-refractivity contribution >= 4 is 23.5 Å². The van der Waals surface area contributed by atoms with Gasteiger partial charge in [-0.25, -0.2) is 4.68 Å². The molecular formula is C20H24N4O2S. The van der Waals surface area contributed by atoms with E-state index in [9.17, 15) is 4.79 Å². The monoisotopic (exact) mass is 384 g/mol. The second kappa shape index (κ2) is 6.71. The van der Waals surface area contributed by atoms with Crippen molar-refractivity contribution in [2.24, 2.45) is 5.41 Å². The van der Waals surface area contributed by atoms with Crippen LogP contribution in [0.1, 0.15) is 45.2 Å². The van der Waals surface area contributed by atoms with E-state index in [1.165, 1.54) is 0 Å². The number of rotatable bonds is 4. The fraction of sp³-hybridized carbons (Fsp3) is 0.450. The largest absolute Gasteiger partial charge is 0.496 e. The Labute approximate surface area is 163 Å². The molecule has 0 saturated heterocycles. The molecule has 0 fully saturated rings. The lowest BCUT2D eigenvalue weighted by Gasteiger charge is -2.38. The molecule has 27 heavy (non-hydrogen) atoms. The summed E-state index contributed by atoms with van der Waals surface area (Å²) in [7, 11) is 1.65. The van der Waals surface area contributed by atoms with Crippen LogP contribution < -0.4 is 10.1 Å². The van der Waals surface area contributed by atoms with Gasteiger partial charge in [0.15, 0.2) is 5.78 Å². The van der Waals surface area contributed by atoms with Crippen LogP contribution in [-0.2, 0) is 4.79 Å². The number of nitrogens with zero attached hydrogens (tertiary/aromatic N) is 3. The molecule has 0 radical (unpaired) electrons. The lowest BCUT2D eigenvalue weighted by atomic mass is 9.73. The molecule has 1 aliphatic carbocycles. The first-order valence-electron chi connectivity index (χ1n) is 9.19. The highest BCUT2D eigenvalue weighted by Gasteiger charge is 2.42. The number of carbonyl (C=O) groups excluding carboxylic acids is 1. The Morgan fingerprint density at radius 1 is 1.33 bits per heavy atom. The number of nitrogens with one attached hydrogen (secondary N) is 1. The first-order chi connectivity index (χ1) is 12.9. The van der Waals surface area contributed by atoms with Crippen LogP contribution in [0.5, 0.6) is 5.75 Å². The van der Waals surface area contributed by atoms with Crippen molar-refractivity contribution in [1.29, 1.82) is 0 Å². The van der Waals surface area contributed by atoms with Crippen molar-refractivity contribution in [3.63, 3.8) is 0 Å². The number of ether oxygens (including phenoxy) is 1. The normalized spacial score (nSPS) is 20.7. The van der Waals surface area contributed by atoms with E-state index in [1.807, 2.05) is 28.9 Å². The van der Waals surface area contributed by atoms with Crippen molar-refractivity contribution in [3.8, 4) is 5.75 Å². The average molecular weight is 385 g/mol. The van der Waals surface area contributed by atoms with E-state index in [1.54, 1.807) is 18.9 Å². The van der Waals surface area contributed by atoms with Gasteiger partial charge in [-0.05, 0) is 23.7 Å². The Hall–Kier alpha value is -2.28. The lowest BCUT2D eigenvalue weighted by molar-refractivity contribution is -0.118. The molecule has 0 unspecified atom stereocenters. The first-order valence-corrected chi connectivity index (χ1v) is 10.2. The summed E-state index contributed by atoms with van der Waals surface area (Å²) in [4.78, 5) is 17.8. The Morgan fingerprint density at radius 2 is 2.11 bits per heavy atom. The molecule has 1 aromatic carbocycles. The van der Waals surface area contributed by atoms with Gasteiger partial charge in [0.2, 0.25) is 11.1 Å². The molecule has 1 atom stereocenters. The van der Waals surface area contributed by atoms with Gasteiger partial charge in [-0.15, -0.1) is 5.10 Å². The molecule has 2 aromatic rings. The minimum atomic E-state index is -0.324. The first kappa shape index (κ1) is 18.1. The maximum Gasteiger partial charge on any atom is 0.227 e. The molecule has 2 aliphatic rings. The van der Waals surface area contributed by atoms with Crippen LogP contribution in [0.3, 0.4) is 0 Å². The molecule has 4 rings (SSSR count). The summed E-state index contributed by atoms with van der Waals surface area (Å²) in [6.45, 7) is 6.34. The standard InChI is InChI=1S/C20H24N4O2S/c1-5-27-19-22-18-21-13-10-20(2,3)11-14(25)16(13)17(24(18)23-19)12-8-6-7-9-15(12)26-4/h6-9,17H,5,10-11H2,1-4H3,(H,21,22,23)/t17-/m1/s1. The Morgan fingerprint density at radius 3 is 2.85 bits per heavy atom. The molecule has 0 spiro atoms. The predicted molar refractivity (Wildman–Crippen MR) is 106 cm³/mol. The van der Waals surface area contributed by atoms with E-state index in [0.29, 0.717) is 17.5 Å². The van der Waals surface area contributed by atoms with E-state index in [4.69, 9.17) is 9.84 Å². The number of hydrogen-bond acceptors (Lipinski definition) is 6. The van der Waals surface area contributed by atoms with Gasteiger partial charge in [0, 0.05) is 23.3 Å². The third-order valence-corrected chi connectivity index (χ3v) is 5.74. The number of benzene rings is 1. The summed E-state index contributed by atoms with van der Waals surface area (Å²) in [6.07, 6.45) is 1.34. The molecule has 0 bridgehead atoms. The smallest absolute Gasteiger partial charge is 0.227 e. The zero-order valence-corrected chi connectivity index (χ0v) is 16.9. The number of allylic oxidation sites excluding steroid dienone is 2. The summed E-state index contributed by atoms with van der Waals surface area (Å²) >= 11 is 1.59. The number of hydrogen-bond donors (Lipinski definition) is 1. The van der Waals surface area contributed by atoms with Crippen molar-refractivity contribution < 1.29 is 9.53 Å². The van der Waals surface area contributed by atoms with Crippen molar-refractivity contribution in [3.05, 3.63) is 41.1 Å². The van der Waals surface area contributed by atoms with Crippen LogP contribution >= 0.6 is 11.8 Å². The van der Waals surface area contributed by atoms with Crippen molar-refractivity contribution in [2.75, 3.05) is 18.2 Å². The number of Topliss-reactive ketones (excluding diaryl/α,β-unsaturated/α-hetero) is 1. The fourth-order valence-corrected chi connectivity index (χ4v) is 4.51. The van der Waals surface area contributed by atoms with Gasteiger partial charge in [-0.1, -0.05) is 50.7 Å². The third kappa shape index (κ3) is 3.14. The average Bonchev–Trinajstić information content (AvgIpc) is 3.01. The van der Waals surface area contributed by atoms with Crippen LogP contribution in [0, 0.1) is 5.41 Å². The van der Waals surface area contributed by atoms with Gasteiger partial charge < -0.3 is 10.1 Å². The number of ketones is 1. The lowest BCUT2D eigenvalue weighted by Crippen LogP contribution is -2.36. The SMILES string of the molecule is CCSc1nc2n(n1)[C@H](c1ccccc1OC)C1=C(CC(C)(C)CC1=O)N2. The van der Waals surface area contributed by atoms with Gasteiger partial charge in [0.05, 0.1) is 7.11 Å². The molecule has 1 aliphatic heterocycles. The van der Waals surface area contributed by atoms with Crippen LogP contribution in [-0.4, -0.2) is 33.4 Å². The van der Waals surface area contributed by atoms with Crippen molar-refractivity contribution in [2.45, 2.75) is 44.8 Å². The van der Waals surface area contributed by atoms with E-state index in [2.05, 4.69) is 31.1 Å². The topological polar surface area (TPSA) is 69.0 Å². The molecule has 6 nitrogen and oxygen atoms in total. The highest BCUT2D eigenvalue weighted by Crippen LogP contribution is 2.47. The maximum atomic E-state index is 13.2. The summed E-state index contributed by atoms with van der Waals surface area (Å²) in [5.41, 5.74) is 2.60. The minimum Gasteiger partial charge on any atom is -0.496 e. The van der Waals surface area contributed by atoms with Crippen LogP contribution in [0.25, 0.3) is 0 Å². The van der Waals surface area contributed by atoms with E-state index in [-0.39, 0.29) is 17.2 Å². The van der Waals surface area contributed by atoms with Crippen LogP contribution in [0.2, 0.25) is 0 Å². The Bertz CT molecular complexity index is 932. The minimum absolute atomic E-state index is 0.0720. The Balaban J connectivity index is 1.92. The van der Waals surface area contributed by atoms with E-state index < -0.39 is 0 Å². The predicted octanol–water partition coefficient (Wildman–Crippen LogP) is 4.06. The quantitative estimate of drug-likeness (QED) is 0.802. The molecule has 0 amide bonds. The molecule has 7 heteroatoms. The summed E-state index contributed by atoms with van der Waals surface area (Å²) in [6, 6.07) is 7.51. The summed E-state index contributed by atoms with van der Waals surface area (Å²) in [5.74, 6) is 2.49. The molecule has 2 heterocycles. The maximum absolute atomic E-state index is 13.2. The zero-order valence-electron chi connectivity index (χ0n) is 16.1. The van der Waals surface area contributed by atoms with Gasteiger partial charge in [-0.2, -0.15) is 4.98 Å². The van der Waals surface area contributed by atoms with E-state index in [0.717, 1.165) is 34.8 Å². The van der Waals surface area contributed by atoms with Gasteiger partial charge >= 0.3 is 0 Å². The molecular weight excluding hydrogens is 360 g/mol. The molecule has 1 aromatic heterocycles. The van der Waals surface area contributed by atoms with Gasteiger partial charge in [0.25, 0.3) is 0 Å². The fourth-order valence-electron chi connectivity index (χ4n) is 3.96. The number of para-hydroxylation sites is 1. The number of methoxy groups -OCH3 is 1. The summed E-state index contributed by atoms with van der Waals surface area (Å²) in [5, 5.41) is 8.81. The van der Waals surface area contributed by atoms with E-state index >= 15 is 0 Å². The number of fused-ring (bicyclic) bond motifs is 1. The third-order valence-electron chi connectivity index (χ3n) is 5.02. The van der Waals surface area contributed by atoms with Crippen molar-refractivity contribution in [1.82, 2.24) is 14.8 Å².